The topological polar surface area (TPSA) is 42.7 Å². The molecule has 1 rings (SSSR count). The Kier molecular flexibility index (Phi) is 5.77. The number of rotatable bonds is 7. The molecule has 92 valence electrons. The van der Waals surface area contributed by atoms with Gasteiger partial charge in [-0.25, -0.2) is 9.67 Å². The highest BCUT2D eigenvalue weighted by Crippen LogP contribution is 2.06. The van der Waals surface area contributed by atoms with Gasteiger partial charge >= 0.3 is 0 Å². The molecule has 16 heavy (non-hydrogen) atoms. The van der Waals surface area contributed by atoms with E-state index in [2.05, 4.69) is 36.2 Å². The van der Waals surface area contributed by atoms with Gasteiger partial charge in [0, 0.05) is 18.0 Å². The number of alkyl halides is 1. The third-order valence-corrected chi connectivity index (χ3v) is 2.76. The molecule has 0 aliphatic carbocycles. The van der Waals surface area contributed by atoms with Crippen molar-refractivity contribution in [2.45, 2.75) is 51.6 Å². The average molecular weight is 245 g/mol. The standard InChI is InChI=1S/C11H21ClN4/c1-4-5-10(12)6-13-7-11-14-8-15-16(11)9(2)3/h8-10,13H,4-7H2,1-3H3. The summed E-state index contributed by atoms with van der Waals surface area (Å²) in [5.74, 6) is 0.968. The normalized spacial score (nSPS) is 13.3. The van der Waals surface area contributed by atoms with Crippen LogP contribution >= 0.6 is 11.6 Å². The van der Waals surface area contributed by atoms with Crippen molar-refractivity contribution >= 4 is 11.6 Å². The second-order valence-electron chi connectivity index (χ2n) is 4.23. The maximum absolute atomic E-state index is 6.12. The Morgan fingerprint density at radius 3 is 2.88 bits per heavy atom. The monoisotopic (exact) mass is 244 g/mol. The van der Waals surface area contributed by atoms with Gasteiger partial charge in [-0.05, 0) is 20.3 Å². The molecular formula is C11H21ClN4. The lowest BCUT2D eigenvalue weighted by molar-refractivity contribution is 0.487. The second kappa shape index (κ2) is 6.86. The smallest absolute Gasteiger partial charge is 0.141 e. The first-order valence-corrected chi connectivity index (χ1v) is 6.32. The number of nitrogens with zero attached hydrogens (tertiary/aromatic N) is 3. The van der Waals surface area contributed by atoms with Gasteiger partial charge in [0.15, 0.2) is 0 Å². The van der Waals surface area contributed by atoms with E-state index in [1.165, 1.54) is 0 Å². The van der Waals surface area contributed by atoms with Crippen molar-refractivity contribution in [3.63, 3.8) is 0 Å². The van der Waals surface area contributed by atoms with Crippen molar-refractivity contribution in [3.8, 4) is 0 Å². The van der Waals surface area contributed by atoms with E-state index in [1.54, 1.807) is 6.33 Å². The first-order valence-electron chi connectivity index (χ1n) is 5.88. The van der Waals surface area contributed by atoms with Gasteiger partial charge in [0.05, 0.1) is 6.54 Å². The van der Waals surface area contributed by atoms with Crippen LogP contribution in [0.25, 0.3) is 0 Å². The van der Waals surface area contributed by atoms with Crippen LogP contribution in [0.15, 0.2) is 6.33 Å². The molecule has 0 aliphatic rings. The van der Waals surface area contributed by atoms with Gasteiger partial charge in [0.25, 0.3) is 0 Å². The number of nitrogens with one attached hydrogen (secondary N) is 1. The maximum atomic E-state index is 6.12. The third kappa shape index (κ3) is 4.10. The van der Waals surface area contributed by atoms with Crippen LogP contribution in [0, 0.1) is 0 Å². The quantitative estimate of drug-likeness (QED) is 0.749. The van der Waals surface area contributed by atoms with E-state index in [4.69, 9.17) is 11.6 Å². The first kappa shape index (κ1) is 13.5. The van der Waals surface area contributed by atoms with Gasteiger partial charge in [0.2, 0.25) is 0 Å². The van der Waals surface area contributed by atoms with E-state index < -0.39 is 0 Å². The molecule has 1 N–H and O–H groups in total. The summed E-state index contributed by atoms with van der Waals surface area (Å²) in [6, 6.07) is 0.349. The summed E-state index contributed by atoms with van der Waals surface area (Å²) in [6.07, 6.45) is 3.77. The van der Waals surface area contributed by atoms with E-state index >= 15 is 0 Å². The molecule has 1 unspecified atom stereocenters. The zero-order chi connectivity index (χ0) is 12.0. The van der Waals surface area contributed by atoms with Crippen LogP contribution in [-0.4, -0.2) is 26.7 Å². The molecule has 0 aliphatic heterocycles. The zero-order valence-electron chi connectivity index (χ0n) is 10.3. The van der Waals surface area contributed by atoms with E-state index in [-0.39, 0.29) is 5.38 Å². The van der Waals surface area contributed by atoms with Crippen LogP contribution < -0.4 is 5.32 Å². The predicted octanol–water partition coefficient (Wildman–Crippen LogP) is 2.36. The molecule has 0 amide bonds. The molecule has 1 aromatic rings. The molecule has 0 bridgehead atoms. The fourth-order valence-electron chi connectivity index (χ4n) is 1.59. The lowest BCUT2D eigenvalue weighted by Crippen LogP contribution is -2.25. The molecule has 1 aromatic heterocycles. The van der Waals surface area contributed by atoms with Crippen LogP contribution in [0.4, 0.5) is 0 Å². The van der Waals surface area contributed by atoms with Crippen molar-refractivity contribution in [2.75, 3.05) is 6.54 Å². The Balaban J connectivity index is 2.34. The molecule has 0 spiro atoms. The van der Waals surface area contributed by atoms with Crippen LogP contribution in [0.2, 0.25) is 0 Å². The highest BCUT2D eigenvalue weighted by Gasteiger charge is 2.08. The average Bonchev–Trinajstić information content (AvgIpc) is 2.66. The second-order valence-corrected chi connectivity index (χ2v) is 4.85. The number of hydrogen-bond acceptors (Lipinski definition) is 3. The Bertz CT molecular complexity index is 298. The van der Waals surface area contributed by atoms with E-state index in [0.717, 1.165) is 31.8 Å². The van der Waals surface area contributed by atoms with Crippen molar-refractivity contribution in [1.82, 2.24) is 20.1 Å². The lowest BCUT2D eigenvalue weighted by atomic mass is 10.2. The summed E-state index contributed by atoms with van der Waals surface area (Å²) in [5, 5.41) is 7.70. The molecular weight excluding hydrogens is 224 g/mol. The van der Waals surface area contributed by atoms with Crippen molar-refractivity contribution < 1.29 is 0 Å². The van der Waals surface area contributed by atoms with Crippen LogP contribution in [0.5, 0.6) is 0 Å². The largest absolute Gasteiger partial charge is 0.308 e. The number of aromatic nitrogens is 3. The predicted molar refractivity (Wildman–Crippen MR) is 66.7 cm³/mol. The molecule has 0 saturated heterocycles. The molecule has 5 heteroatoms. The highest BCUT2D eigenvalue weighted by atomic mass is 35.5. The van der Waals surface area contributed by atoms with Gasteiger partial charge in [-0.15, -0.1) is 11.6 Å². The van der Waals surface area contributed by atoms with Gasteiger partial charge < -0.3 is 5.32 Å². The summed E-state index contributed by atoms with van der Waals surface area (Å²) < 4.78 is 1.93. The summed E-state index contributed by atoms with van der Waals surface area (Å²) in [5.41, 5.74) is 0. The van der Waals surface area contributed by atoms with Gasteiger partial charge in [0.1, 0.15) is 12.2 Å². The van der Waals surface area contributed by atoms with E-state index in [0.29, 0.717) is 6.04 Å². The Morgan fingerprint density at radius 1 is 1.50 bits per heavy atom. The summed E-state index contributed by atoms with van der Waals surface area (Å²) in [7, 11) is 0. The fraction of sp³-hybridized carbons (Fsp3) is 0.818. The molecule has 0 aromatic carbocycles. The van der Waals surface area contributed by atoms with E-state index in [9.17, 15) is 0 Å². The first-order chi connectivity index (χ1) is 7.65. The van der Waals surface area contributed by atoms with Crippen LogP contribution in [0.3, 0.4) is 0 Å². The van der Waals surface area contributed by atoms with Crippen LogP contribution in [-0.2, 0) is 6.54 Å². The molecule has 1 heterocycles. The lowest BCUT2D eigenvalue weighted by Gasteiger charge is -2.12. The van der Waals surface area contributed by atoms with Crippen LogP contribution in [0.1, 0.15) is 45.5 Å². The van der Waals surface area contributed by atoms with Crippen molar-refractivity contribution in [2.24, 2.45) is 0 Å². The fourth-order valence-corrected chi connectivity index (χ4v) is 1.92. The minimum atomic E-state index is 0.209. The van der Waals surface area contributed by atoms with E-state index in [1.807, 2.05) is 4.68 Å². The third-order valence-electron chi connectivity index (χ3n) is 2.39. The zero-order valence-corrected chi connectivity index (χ0v) is 11.0. The summed E-state index contributed by atoms with van der Waals surface area (Å²) >= 11 is 6.12. The minimum Gasteiger partial charge on any atom is -0.308 e. The van der Waals surface area contributed by atoms with Crippen molar-refractivity contribution in [1.29, 1.82) is 0 Å². The Morgan fingerprint density at radius 2 is 2.25 bits per heavy atom. The number of hydrogen-bond donors (Lipinski definition) is 1. The SMILES string of the molecule is CCCC(Cl)CNCc1ncnn1C(C)C. The minimum absolute atomic E-state index is 0.209. The molecule has 0 saturated carbocycles. The molecule has 4 nitrogen and oxygen atoms in total. The highest BCUT2D eigenvalue weighted by molar-refractivity contribution is 6.20. The number of halogens is 1. The van der Waals surface area contributed by atoms with Gasteiger partial charge in [-0.2, -0.15) is 5.10 Å². The van der Waals surface area contributed by atoms with Gasteiger partial charge in [-0.1, -0.05) is 13.3 Å². The summed E-state index contributed by atoms with van der Waals surface area (Å²) in [6.45, 7) is 7.88. The van der Waals surface area contributed by atoms with Gasteiger partial charge in [-0.3, -0.25) is 0 Å². The van der Waals surface area contributed by atoms with Crippen molar-refractivity contribution in [3.05, 3.63) is 12.2 Å². The molecule has 0 radical (unpaired) electrons. The Labute approximate surface area is 102 Å². The Hall–Kier alpha value is -0.610. The molecule has 0 fully saturated rings. The molecule has 1 atom stereocenters. The maximum Gasteiger partial charge on any atom is 0.141 e. The summed E-state index contributed by atoms with van der Waals surface area (Å²) in [4.78, 5) is 4.23.